The number of amides is 1. The van der Waals surface area contributed by atoms with Crippen LogP contribution in [0.3, 0.4) is 0 Å². The molecule has 2 unspecified atom stereocenters. The molecule has 0 aliphatic heterocycles. The zero-order valence-corrected chi connectivity index (χ0v) is 23.2. The van der Waals surface area contributed by atoms with Gasteiger partial charge in [0.25, 0.3) is 0 Å². The summed E-state index contributed by atoms with van der Waals surface area (Å²) in [5, 5.41) is 24.5. The summed E-state index contributed by atoms with van der Waals surface area (Å²) in [5.74, 6) is -2.07. The average molecular weight is 522 g/mol. The van der Waals surface area contributed by atoms with Crippen molar-refractivity contribution in [2.24, 2.45) is 0 Å². The number of carbonyl (C=O) groups is 2. The van der Waals surface area contributed by atoms with Crippen LogP contribution in [0.4, 0.5) is 0 Å². The summed E-state index contributed by atoms with van der Waals surface area (Å²) in [5.41, 5.74) is 4.13. The van der Waals surface area contributed by atoms with Crippen molar-refractivity contribution in [1.82, 2.24) is 5.32 Å². The monoisotopic (exact) mass is 521 g/mol. The minimum Gasteiger partial charge on any atom is -0.550 e. The van der Waals surface area contributed by atoms with Gasteiger partial charge in [-0.15, -0.1) is 0 Å². The number of hydrogen-bond acceptors (Lipinski definition) is 4. The van der Waals surface area contributed by atoms with Crippen LogP contribution in [0.25, 0.3) is 11.1 Å². The molecule has 0 fully saturated rings. The average Bonchev–Trinajstić information content (AvgIpc) is 2.83. The summed E-state index contributed by atoms with van der Waals surface area (Å²) in [6.07, 6.45) is -1.45. The topological polar surface area (TPSA) is 89.5 Å². The minimum atomic E-state index is -1.42. The van der Waals surface area contributed by atoms with Gasteiger partial charge in [-0.1, -0.05) is 83.9 Å². The van der Waals surface area contributed by atoms with E-state index in [0.29, 0.717) is 16.5 Å². The molecule has 5 nitrogen and oxygen atoms in total. The van der Waals surface area contributed by atoms with Crippen molar-refractivity contribution in [1.29, 1.82) is 0 Å². The molecule has 1 amide bonds. The maximum Gasteiger partial charge on any atom is 1.00 e. The van der Waals surface area contributed by atoms with Gasteiger partial charge in [0.05, 0.1) is 10.0 Å². The van der Waals surface area contributed by atoms with Crippen LogP contribution in [0.1, 0.15) is 36.8 Å². The van der Waals surface area contributed by atoms with Crippen LogP contribution in [0.15, 0.2) is 72.8 Å². The zero-order valence-electron chi connectivity index (χ0n) is 19.7. The van der Waals surface area contributed by atoms with Gasteiger partial charge in [0.15, 0.2) is 0 Å². The molecule has 0 spiro atoms. The fraction of sp³-hybridized carbons (Fsp3) is 0.259. The number of nitrogens with one attached hydrogen (secondary N) is 1. The SMILES string of the molecule is CC(NC(=O)[C@@H](O)CCC(=O)[O-])C(Cc1ccc(Cl)c(Cl)c1)c1ccc(-c2ccccc2)cc1.[Na+]. The molecule has 2 N–H and O–H groups in total. The van der Waals surface area contributed by atoms with E-state index in [2.05, 4.69) is 5.32 Å². The molecule has 0 aliphatic rings. The maximum absolute atomic E-state index is 12.5. The normalized spacial score (nSPS) is 13.3. The third kappa shape index (κ3) is 8.64. The van der Waals surface area contributed by atoms with Crippen molar-refractivity contribution < 1.29 is 49.4 Å². The third-order valence-corrected chi connectivity index (χ3v) is 6.52. The van der Waals surface area contributed by atoms with E-state index in [9.17, 15) is 19.8 Å². The van der Waals surface area contributed by atoms with Gasteiger partial charge in [0, 0.05) is 17.9 Å². The van der Waals surface area contributed by atoms with Crippen LogP contribution in [-0.4, -0.2) is 29.1 Å². The van der Waals surface area contributed by atoms with Crippen molar-refractivity contribution in [2.75, 3.05) is 0 Å². The Morgan fingerprint density at radius 3 is 2.17 bits per heavy atom. The number of hydrogen-bond donors (Lipinski definition) is 2. The molecule has 0 radical (unpaired) electrons. The Labute approximate surface area is 237 Å². The second-order valence-corrected chi connectivity index (χ2v) is 9.09. The summed E-state index contributed by atoms with van der Waals surface area (Å²) >= 11 is 12.3. The van der Waals surface area contributed by atoms with E-state index in [4.69, 9.17) is 23.2 Å². The van der Waals surface area contributed by atoms with Gasteiger partial charge < -0.3 is 20.3 Å². The molecule has 0 saturated carbocycles. The molecule has 3 atom stereocenters. The quantitative estimate of drug-likeness (QED) is 0.394. The van der Waals surface area contributed by atoms with E-state index in [1.165, 1.54) is 0 Å². The first-order valence-electron chi connectivity index (χ1n) is 11.0. The fourth-order valence-electron chi connectivity index (χ4n) is 3.86. The number of halogens is 2. The number of carbonyl (C=O) groups excluding carboxylic acids is 2. The Bertz CT molecular complexity index is 1130. The largest absolute Gasteiger partial charge is 1.00 e. The van der Waals surface area contributed by atoms with E-state index >= 15 is 0 Å². The summed E-state index contributed by atoms with van der Waals surface area (Å²) < 4.78 is 0. The molecule has 3 aromatic carbocycles. The molecule has 35 heavy (non-hydrogen) atoms. The Morgan fingerprint density at radius 1 is 0.943 bits per heavy atom. The molecule has 178 valence electrons. The number of aliphatic carboxylic acids is 1. The number of carboxylic acid groups (broad SMARTS) is 1. The number of rotatable bonds is 10. The van der Waals surface area contributed by atoms with E-state index in [1.807, 2.05) is 67.6 Å². The molecule has 0 saturated heterocycles. The number of aliphatic hydroxyl groups is 1. The first-order valence-corrected chi connectivity index (χ1v) is 11.8. The smallest absolute Gasteiger partial charge is 0.550 e. The van der Waals surface area contributed by atoms with Crippen LogP contribution in [0.2, 0.25) is 10.0 Å². The maximum atomic E-state index is 12.5. The molecular formula is C27H26Cl2NNaO4. The third-order valence-electron chi connectivity index (χ3n) is 5.78. The van der Waals surface area contributed by atoms with Crippen molar-refractivity contribution >= 4 is 35.1 Å². The first kappa shape index (κ1) is 29.4. The molecular weight excluding hydrogens is 496 g/mol. The van der Waals surface area contributed by atoms with Gasteiger partial charge in [-0.25, -0.2) is 0 Å². The second kappa shape index (κ2) is 14.0. The van der Waals surface area contributed by atoms with Crippen molar-refractivity contribution in [2.45, 2.75) is 44.2 Å². The van der Waals surface area contributed by atoms with E-state index < -0.39 is 24.4 Å². The van der Waals surface area contributed by atoms with Crippen LogP contribution >= 0.6 is 23.2 Å². The van der Waals surface area contributed by atoms with Crippen LogP contribution in [-0.2, 0) is 16.0 Å². The summed E-state index contributed by atoms with van der Waals surface area (Å²) in [6, 6.07) is 23.2. The summed E-state index contributed by atoms with van der Waals surface area (Å²) in [7, 11) is 0. The van der Waals surface area contributed by atoms with Crippen molar-refractivity contribution in [3.63, 3.8) is 0 Å². The van der Waals surface area contributed by atoms with Gasteiger partial charge in [0.1, 0.15) is 6.10 Å². The second-order valence-electron chi connectivity index (χ2n) is 8.27. The molecule has 3 aromatic rings. The Morgan fingerprint density at radius 2 is 1.57 bits per heavy atom. The Kier molecular flexibility index (Phi) is 11.8. The molecule has 0 aromatic heterocycles. The first-order chi connectivity index (χ1) is 16.2. The van der Waals surface area contributed by atoms with Crippen LogP contribution in [0, 0.1) is 0 Å². The number of aliphatic hydroxyl groups excluding tert-OH is 1. The van der Waals surface area contributed by atoms with Gasteiger partial charge in [-0.3, -0.25) is 4.79 Å². The van der Waals surface area contributed by atoms with Crippen LogP contribution < -0.4 is 40.0 Å². The molecule has 0 bridgehead atoms. The minimum absolute atomic E-state index is 0. The molecule has 3 rings (SSSR count). The molecule has 8 heteroatoms. The van der Waals surface area contributed by atoms with E-state index in [-0.39, 0.29) is 47.9 Å². The van der Waals surface area contributed by atoms with Gasteiger partial charge >= 0.3 is 29.6 Å². The zero-order chi connectivity index (χ0) is 24.7. The van der Waals surface area contributed by atoms with Gasteiger partial charge in [-0.05, 0) is 60.6 Å². The predicted octanol–water partition coefficient (Wildman–Crippen LogP) is 1.39. The van der Waals surface area contributed by atoms with Crippen LogP contribution in [0.5, 0.6) is 0 Å². The standard InChI is InChI=1S/C27H27Cl2NO4.Na/c1-17(30-27(34)25(31)13-14-26(32)33)22(15-18-7-12-23(28)24(29)16-18)21-10-8-20(9-11-21)19-5-3-2-4-6-19;/h2-12,16-17,22,25,31H,13-15H2,1H3,(H,30,34)(H,32,33);/q;+1/p-1/t17?,22?,25-;/m0./s1. The predicted molar refractivity (Wildman–Crippen MR) is 133 cm³/mol. The van der Waals surface area contributed by atoms with Crippen molar-refractivity contribution in [3.8, 4) is 11.1 Å². The Hall–Kier alpha value is -1.86. The Balaban J connectivity index is 0.00000432. The van der Waals surface area contributed by atoms with Crippen molar-refractivity contribution in [3.05, 3.63) is 94.0 Å². The van der Waals surface area contributed by atoms with Gasteiger partial charge in [-0.2, -0.15) is 0 Å². The molecule has 0 aliphatic carbocycles. The molecule has 0 heterocycles. The number of benzene rings is 3. The summed E-state index contributed by atoms with van der Waals surface area (Å²) in [4.78, 5) is 23.1. The fourth-order valence-corrected chi connectivity index (χ4v) is 4.18. The van der Waals surface area contributed by atoms with E-state index in [1.54, 1.807) is 12.1 Å². The van der Waals surface area contributed by atoms with Gasteiger partial charge in [0.2, 0.25) is 5.91 Å². The summed E-state index contributed by atoms with van der Waals surface area (Å²) in [6.45, 7) is 1.86. The van der Waals surface area contributed by atoms with E-state index in [0.717, 1.165) is 22.3 Å². The number of carboxylic acids is 1.